The van der Waals surface area contributed by atoms with Crippen LogP contribution in [0.15, 0.2) is 0 Å². The van der Waals surface area contributed by atoms with Gasteiger partial charge in [-0.15, -0.1) is 0 Å². The molecule has 108 valence electrons. The van der Waals surface area contributed by atoms with Crippen molar-refractivity contribution < 1.29 is 14.6 Å². The maximum absolute atomic E-state index is 9.50. The number of hydrogen-bond donors (Lipinski definition) is 2. The molecule has 0 amide bonds. The number of aliphatic hydroxyl groups excluding tert-OH is 1. The van der Waals surface area contributed by atoms with Crippen LogP contribution in [-0.4, -0.2) is 74.8 Å². The average molecular weight is 260 g/mol. The summed E-state index contributed by atoms with van der Waals surface area (Å²) < 4.78 is 10.6. The van der Waals surface area contributed by atoms with Crippen LogP contribution in [0.25, 0.3) is 0 Å². The lowest BCUT2D eigenvalue weighted by Gasteiger charge is -2.35. The molecule has 1 heterocycles. The zero-order valence-corrected chi connectivity index (χ0v) is 11.9. The highest BCUT2D eigenvalue weighted by Crippen LogP contribution is 2.07. The number of rotatable bonds is 8. The van der Waals surface area contributed by atoms with Crippen molar-refractivity contribution in [3.05, 3.63) is 0 Å². The lowest BCUT2D eigenvalue weighted by atomic mass is 10.2. The summed E-state index contributed by atoms with van der Waals surface area (Å²) in [7, 11) is 1.60. The molecule has 0 spiro atoms. The molecule has 2 N–H and O–H groups in total. The maximum atomic E-state index is 9.50. The second-order valence-electron chi connectivity index (χ2n) is 5.18. The highest BCUT2D eigenvalue weighted by molar-refractivity contribution is 4.75. The van der Waals surface area contributed by atoms with Gasteiger partial charge in [0.2, 0.25) is 0 Å². The minimum Gasteiger partial charge on any atom is -0.391 e. The Hall–Kier alpha value is -0.200. The Kier molecular flexibility index (Phi) is 7.77. The predicted octanol–water partition coefficient (Wildman–Crippen LogP) is 0.0826. The first kappa shape index (κ1) is 15.9. The van der Waals surface area contributed by atoms with Crippen LogP contribution in [0.2, 0.25) is 0 Å². The Balaban J connectivity index is 2.08. The molecule has 1 aliphatic rings. The highest BCUT2D eigenvalue weighted by Gasteiger charge is 2.21. The molecule has 18 heavy (non-hydrogen) atoms. The number of ether oxygens (including phenoxy) is 2. The summed E-state index contributed by atoms with van der Waals surface area (Å²) in [6.07, 6.45) is 0.608. The van der Waals surface area contributed by atoms with Crippen molar-refractivity contribution in [1.82, 2.24) is 10.2 Å². The normalized spacial score (nSPS) is 23.5. The van der Waals surface area contributed by atoms with Gasteiger partial charge in [0.15, 0.2) is 0 Å². The zero-order valence-electron chi connectivity index (χ0n) is 11.9. The Morgan fingerprint density at radius 2 is 2.28 bits per heavy atom. The van der Waals surface area contributed by atoms with Crippen molar-refractivity contribution >= 4 is 0 Å². The van der Waals surface area contributed by atoms with Gasteiger partial charge in [0.05, 0.1) is 25.4 Å². The van der Waals surface area contributed by atoms with E-state index >= 15 is 0 Å². The van der Waals surface area contributed by atoms with Gasteiger partial charge in [-0.25, -0.2) is 0 Å². The van der Waals surface area contributed by atoms with E-state index in [9.17, 15) is 5.11 Å². The van der Waals surface area contributed by atoms with Crippen molar-refractivity contribution in [2.45, 2.75) is 38.5 Å². The fraction of sp³-hybridized carbons (Fsp3) is 1.00. The smallest absolute Gasteiger partial charge is 0.0826 e. The standard InChI is InChI=1S/C13H28N2O3/c1-11(2)15-6-7-18-13(9-15)8-14-5-4-12(16)10-17-3/h11-14,16H,4-10H2,1-3H3. The van der Waals surface area contributed by atoms with E-state index in [1.165, 1.54) is 0 Å². The van der Waals surface area contributed by atoms with Crippen molar-refractivity contribution in [3.8, 4) is 0 Å². The molecule has 1 rings (SSSR count). The number of nitrogens with one attached hydrogen (secondary N) is 1. The first-order valence-electron chi connectivity index (χ1n) is 6.86. The molecule has 0 radical (unpaired) electrons. The van der Waals surface area contributed by atoms with Crippen LogP contribution in [-0.2, 0) is 9.47 Å². The first-order chi connectivity index (χ1) is 8.63. The van der Waals surface area contributed by atoms with E-state index < -0.39 is 0 Å². The van der Waals surface area contributed by atoms with E-state index in [4.69, 9.17) is 9.47 Å². The first-order valence-corrected chi connectivity index (χ1v) is 6.86. The van der Waals surface area contributed by atoms with Crippen molar-refractivity contribution in [1.29, 1.82) is 0 Å². The summed E-state index contributed by atoms with van der Waals surface area (Å²) in [5.74, 6) is 0. The molecule has 0 aromatic heterocycles. The number of hydrogen-bond acceptors (Lipinski definition) is 5. The third-order valence-electron chi connectivity index (χ3n) is 3.29. The molecular formula is C13H28N2O3. The van der Waals surface area contributed by atoms with Crippen LogP contribution in [0.1, 0.15) is 20.3 Å². The van der Waals surface area contributed by atoms with Crippen molar-refractivity contribution in [2.24, 2.45) is 0 Å². The molecule has 0 bridgehead atoms. The van der Waals surface area contributed by atoms with E-state index in [0.29, 0.717) is 19.1 Å². The van der Waals surface area contributed by atoms with Crippen LogP contribution >= 0.6 is 0 Å². The summed E-state index contributed by atoms with van der Waals surface area (Å²) in [6, 6.07) is 0.583. The quantitative estimate of drug-likeness (QED) is 0.606. The second-order valence-corrected chi connectivity index (χ2v) is 5.18. The largest absolute Gasteiger partial charge is 0.391 e. The molecule has 5 nitrogen and oxygen atoms in total. The van der Waals surface area contributed by atoms with Gasteiger partial charge in [-0.3, -0.25) is 4.90 Å². The van der Waals surface area contributed by atoms with E-state index in [1.807, 2.05) is 0 Å². The summed E-state index contributed by atoms with van der Waals surface area (Å²) in [5.41, 5.74) is 0. The van der Waals surface area contributed by atoms with Gasteiger partial charge < -0.3 is 19.9 Å². The third-order valence-corrected chi connectivity index (χ3v) is 3.29. The Morgan fingerprint density at radius 1 is 1.50 bits per heavy atom. The monoisotopic (exact) mass is 260 g/mol. The number of methoxy groups -OCH3 is 1. The van der Waals surface area contributed by atoms with E-state index in [1.54, 1.807) is 7.11 Å². The summed E-state index contributed by atoms with van der Waals surface area (Å²) in [6.45, 7) is 9.33. The van der Waals surface area contributed by atoms with E-state index in [2.05, 4.69) is 24.1 Å². The van der Waals surface area contributed by atoms with E-state index in [-0.39, 0.29) is 12.2 Å². The van der Waals surface area contributed by atoms with Crippen LogP contribution in [0.3, 0.4) is 0 Å². The molecule has 0 aromatic carbocycles. The molecule has 0 aliphatic carbocycles. The lowest BCUT2D eigenvalue weighted by molar-refractivity contribution is -0.0374. The molecule has 0 aromatic rings. The number of morpholine rings is 1. The second kappa shape index (κ2) is 8.82. The minimum atomic E-state index is -0.373. The topological polar surface area (TPSA) is 54.0 Å². The fourth-order valence-electron chi connectivity index (χ4n) is 2.14. The van der Waals surface area contributed by atoms with Crippen LogP contribution in [0.4, 0.5) is 0 Å². The Labute approximate surface area is 110 Å². The number of nitrogens with zero attached hydrogens (tertiary/aromatic N) is 1. The van der Waals surface area contributed by atoms with Crippen LogP contribution in [0.5, 0.6) is 0 Å². The lowest BCUT2D eigenvalue weighted by Crippen LogP contribution is -2.49. The molecule has 0 saturated carbocycles. The molecule has 1 saturated heterocycles. The highest BCUT2D eigenvalue weighted by atomic mass is 16.5. The van der Waals surface area contributed by atoms with Gasteiger partial charge in [0.1, 0.15) is 0 Å². The van der Waals surface area contributed by atoms with Crippen molar-refractivity contribution in [2.75, 3.05) is 46.5 Å². The van der Waals surface area contributed by atoms with Gasteiger partial charge in [-0.1, -0.05) is 0 Å². The van der Waals surface area contributed by atoms with Gasteiger partial charge >= 0.3 is 0 Å². The molecular weight excluding hydrogens is 232 g/mol. The third kappa shape index (κ3) is 6.11. The molecule has 2 atom stereocenters. The Morgan fingerprint density at radius 3 is 2.94 bits per heavy atom. The minimum absolute atomic E-state index is 0.265. The van der Waals surface area contributed by atoms with Crippen molar-refractivity contribution in [3.63, 3.8) is 0 Å². The van der Waals surface area contributed by atoms with Gasteiger partial charge in [0.25, 0.3) is 0 Å². The molecule has 2 unspecified atom stereocenters. The maximum Gasteiger partial charge on any atom is 0.0826 e. The SMILES string of the molecule is COCC(O)CCNCC1CN(C(C)C)CCO1. The average Bonchev–Trinajstić information content (AvgIpc) is 2.35. The summed E-state index contributed by atoms with van der Waals surface area (Å²) in [4.78, 5) is 2.44. The van der Waals surface area contributed by atoms with Crippen LogP contribution in [0, 0.1) is 0 Å². The predicted molar refractivity (Wildman–Crippen MR) is 71.8 cm³/mol. The van der Waals surface area contributed by atoms with Gasteiger partial charge in [-0.2, -0.15) is 0 Å². The summed E-state index contributed by atoms with van der Waals surface area (Å²) in [5, 5.41) is 12.8. The Bertz CT molecular complexity index is 214. The fourth-order valence-corrected chi connectivity index (χ4v) is 2.14. The number of aliphatic hydroxyl groups is 1. The van der Waals surface area contributed by atoms with Gasteiger partial charge in [-0.05, 0) is 26.8 Å². The molecule has 1 aliphatic heterocycles. The summed E-state index contributed by atoms with van der Waals surface area (Å²) >= 11 is 0. The molecule has 5 heteroatoms. The van der Waals surface area contributed by atoms with Crippen LogP contribution < -0.4 is 5.32 Å². The van der Waals surface area contributed by atoms with E-state index in [0.717, 1.165) is 32.8 Å². The molecule has 1 fully saturated rings. The zero-order chi connectivity index (χ0) is 13.4. The van der Waals surface area contributed by atoms with Gasteiger partial charge in [0, 0.05) is 32.8 Å².